The SMILES string of the molecule is N[C@H](C(=O)N1CCC(F)C1)C(c1ccc(F)cc1)c1ccc(F)cc1. The molecule has 3 nitrogen and oxygen atoms in total. The Kier molecular flexibility index (Phi) is 5.08. The van der Waals surface area contributed by atoms with Crippen LogP contribution in [0, 0.1) is 11.6 Å². The number of rotatable bonds is 4. The van der Waals surface area contributed by atoms with E-state index in [9.17, 15) is 18.0 Å². The van der Waals surface area contributed by atoms with Gasteiger partial charge in [-0.15, -0.1) is 0 Å². The maximum Gasteiger partial charge on any atom is 0.240 e. The van der Waals surface area contributed by atoms with Gasteiger partial charge in [0.25, 0.3) is 0 Å². The summed E-state index contributed by atoms with van der Waals surface area (Å²) in [5.74, 6) is -1.74. The van der Waals surface area contributed by atoms with Crippen molar-refractivity contribution >= 4 is 5.91 Å². The van der Waals surface area contributed by atoms with Crippen molar-refractivity contribution in [1.82, 2.24) is 4.90 Å². The first-order chi connectivity index (χ1) is 12.0. The predicted octanol–water partition coefficient (Wildman–Crippen LogP) is 2.99. The van der Waals surface area contributed by atoms with Gasteiger partial charge in [0, 0.05) is 12.5 Å². The molecule has 6 heteroatoms. The summed E-state index contributed by atoms with van der Waals surface area (Å²) in [7, 11) is 0. The number of hydrogen-bond donors (Lipinski definition) is 1. The topological polar surface area (TPSA) is 46.3 Å². The van der Waals surface area contributed by atoms with Crippen LogP contribution < -0.4 is 5.73 Å². The van der Waals surface area contributed by atoms with Crippen molar-refractivity contribution in [3.63, 3.8) is 0 Å². The van der Waals surface area contributed by atoms with Crippen LogP contribution in [0.1, 0.15) is 23.5 Å². The summed E-state index contributed by atoms with van der Waals surface area (Å²) >= 11 is 0. The van der Waals surface area contributed by atoms with Crippen molar-refractivity contribution in [3.05, 3.63) is 71.3 Å². The Morgan fingerprint density at radius 1 is 1.00 bits per heavy atom. The largest absolute Gasteiger partial charge is 0.338 e. The van der Waals surface area contributed by atoms with Gasteiger partial charge in [0.2, 0.25) is 5.91 Å². The van der Waals surface area contributed by atoms with Crippen LogP contribution in [0.25, 0.3) is 0 Å². The number of benzene rings is 2. The van der Waals surface area contributed by atoms with Crippen molar-refractivity contribution in [2.75, 3.05) is 13.1 Å². The third kappa shape index (κ3) is 3.85. The summed E-state index contributed by atoms with van der Waals surface area (Å²) in [5.41, 5.74) is 7.51. The number of alkyl halides is 1. The van der Waals surface area contributed by atoms with Crippen LogP contribution in [-0.4, -0.2) is 36.1 Å². The fourth-order valence-electron chi connectivity index (χ4n) is 3.22. The summed E-state index contributed by atoms with van der Waals surface area (Å²) in [5, 5.41) is 0. The van der Waals surface area contributed by atoms with Gasteiger partial charge in [-0.3, -0.25) is 4.79 Å². The lowest BCUT2D eigenvalue weighted by Gasteiger charge is -2.28. The molecule has 2 atom stereocenters. The summed E-state index contributed by atoms with van der Waals surface area (Å²) in [4.78, 5) is 14.1. The molecular formula is C19H19F3N2O. The monoisotopic (exact) mass is 348 g/mol. The van der Waals surface area contributed by atoms with Gasteiger partial charge in [-0.2, -0.15) is 0 Å². The Balaban J connectivity index is 1.93. The molecule has 1 unspecified atom stereocenters. The van der Waals surface area contributed by atoms with Crippen molar-refractivity contribution in [3.8, 4) is 0 Å². The molecule has 1 aliphatic heterocycles. The fraction of sp³-hybridized carbons (Fsp3) is 0.316. The van der Waals surface area contributed by atoms with Crippen LogP contribution in [0.5, 0.6) is 0 Å². The molecule has 25 heavy (non-hydrogen) atoms. The Morgan fingerprint density at radius 2 is 1.48 bits per heavy atom. The second-order valence-electron chi connectivity index (χ2n) is 6.28. The van der Waals surface area contributed by atoms with E-state index in [4.69, 9.17) is 5.73 Å². The second-order valence-corrected chi connectivity index (χ2v) is 6.28. The summed E-state index contributed by atoms with van der Waals surface area (Å²) in [6, 6.07) is 10.4. The third-order valence-electron chi connectivity index (χ3n) is 4.54. The van der Waals surface area contributed by atoms with Crippen molar-refractivity contribution in [2.24, 2.45) is 5.73 Å². The van der Waals surface area contributed by atoms with Gasteiger partial charge >= 0.3 is 0 Å². The Morgan fingerprint density at radius 3 is 1.88 bits per heavy atom. The van der Waals surface area contributed by atoms with Gasteiger partial charge in [0.05, 0.1) is 12.6 Å². The smallest absolute Gasteiger partial charge is 0.240 e. The maximum absolute atomic E-state index is 13.4. The molecule has 0 aromatic heterocycles. The van der Waals surface area contributed by atoms with E-state index >= 15 is 0 Å². The summed E-state index contributed by atoms with van der Waals surface area (Å²) < 4.78 is 39.9. The van der Waals surface area contributed by atoms with E-state index in [1.807, 2.05) is 0 Å². The molecule has 0 spiro atoms. The minimum Gasteiger partial charge on any atom is -0.338 e. The number of likely N-dealkylation sites (tertiary alicyclic amines) is 1. The highest BCUT2D eigenvalue weighted by Gasteiger charge is 2.34. The zero-order valence-electron chi connectivity index (χ0n) is 13.5. The molecule has 0 saturated carbocycles. The van der Waals surface area contributed by atoms with E-state index in [1.165, 1.54) is 29.2 Å². The quantitative estimate of drug-likeness (QED) is 0.923. The molecule has 1 amide bonds. The van der Waals surface area contributed by atoms with Crippen LogP contribution >= 0.6 is 0 Å². The molecule has 2 aromatic carbocycles. The molecule has 0 radical (unpaired) electrons. The van der Waals surface area contributed by atoms with Gasteiger partial charge in [0.15, 0.2) is 0 Å². The Labute approximate surface area is 144 Å². The third-order valence-corrected chi connectivity index (χ3v) is 4.54. The molecule has 1 aliphatic rings. The number of nitrogens with zero attached hydrogens (tertiary/aromatic N) is 1. The highest BCUT2D eigenvalue weighted by molar-refractivity contribution is 5.84. The molecule has 3 rings (SSSR count). The zero-order chi connectivity index (χ0) is 18.0. The molecule has 1 fully saturated rings. The average Bonchev–Trinajstić information content (AvgIpc) is 3.04. The Hall–Kier alpha value is -2.34. The highest BCUT2D eigenvalue weighted by atomic mass is 19.1. The molecule has 1 heterocycles. The Bertz CT molecular complexity index is 688. The number of halogens is 3. The molecular weight excluding hydrogens is 329 g/mol. The number of nitrogens with two attached hydrogens (primary N) is 1. The molecule has 0 bridgehead atoms. The zero-order valence-corrected chi connectivity index (χ0v) is 13.5. The van der Waals surface area contributed by atoms with Crippen LogP contribution in [0.4, 0.5) is 13.2 Å². The van der Waals surface area contributed by atoms with Crippen LogP contribution in [-0.2, 0) is 4.79 Å². The molecule has 1 saturated heterocycles. The summed E-state index contributed by atoms with van der Waals surface area (Å²) in [6.07, 6.45) is -0.734. The maximum atomic E-state index is 13.4. The predicted molar refractivity (Wildman–Crippen MR) is 88.7 cm³/mol. The van der Waals surface area contributed by atoms with E-state index in [1.54, 1.807) is 24.3 Å². The standard InChI is InChI=1S/C19H19F3N2O/c20-14-5-1-12(2-6-14)17(13-3-7-15(21)8-4-13)18(23)19(25)24-10-9-16(22)11-24/h1-8,16-18H,9-11,23H2/t16?,18-/m0/s1. The van der Waals surface area contributed by atoms with Crippen molar-refractivity contribution in [2.45, 2.75) is 24.6 Å². The first-order valence-corrected chi connectivity index (χ1v) is 8.15. The van der Waals surface area contributed by atoms with Crippen LogP contribution in [0.2, 0.25) is 0 Å². The van der Waals surface area contributed by atoms with Gasteiger partial charge in [-0.05, 0) is 41.8 Å². The first-order valence-electron chi connectivity index (χ1n) is 8.15. The molecule has 0 aliphatic carbocycles. The molecule has 2 N–H and O–H groups in total. The van der Waals surface area contributed by atoms with Crippen LogP contribution in [0.3, 0.4) is 0 Å². The van der Waals surface area contributed by atoms with Crippen LogP contribution in [0.15, 0.2) is 48.5 Å². The van der Waals surface area contributed by atoms with Crippen molar-refractivity contribution in [1.29, 1.82) is 0 Å². The number of amides is 1. The molecule has 132 valence electrons. The fourth-order valence-corrected chi connectivity index (χ4v) is 3.22. The second kappa shape index (κ2) is 7.27. The van der Waals surface area contributed by atoms with Gasteiger partial charge in [-0.25, -0.2) is 13.2 Å². The number of carbonyl (C=O) groups excluding carboxylic acids is 1. The van der Waals surface area contributed by atoms with E-state index in [0.29, 0.717) is 24.1 Å². The normalized spacial score (nSPS) is 18.6. The van der Waals surface area contributed by atoms with E-state index in [0.717, 1.165) is 0 Å². The average molecular weight is 348 g/mol. The number of hydrogen-bond acceptors (Lipinski definition) is 2. The van der Waals surface area contributed by atoms with Gasteiger partial charge in [0.1, 0.15) is 17.8 Å². The molecule has 2 aromatic rings. The minimum absolute atomic E-state index is 0.0338. The van der Waals surface area contributed by atoms with E-state index in [-0.39, 0.29) is 12.5 Å². The number of carbonyl (C=O) groups is 1. The van der Waals surface area contributed by atoms with Gasteiger partial charge < -0.3 is 10.6 Å². The van der Waals surface area contributed by atoms with E-state index in [2.05, 4.69) is 0 Å². The summed E-state index contributed by atoms with van der Waals surface area (Å²) in [6.45, 7) is 0.360. The highest BCUT2D eigenvalue weighted by Crippen LogP contribution is 2.29. The first kappa shape index (κ1) is 17.5. The lowest BCUT2D eigenvalue weighted by Crippen LogP contribution is -2.46. The lowest BCUT2D eigenvalue weighted by molar-refractivity contribution is -0.132. The lowest BCUT2D eigenvalue weighted by atomic mass is 9.84. The van der Waals surface area contributed by atoms with Gasteiger partial charge in [-0.1, -0.05) is 24.3 Å². The van der Waals surface area contributed by atoms with E-state index < -0.39 is 29.8 Å². The minimum atomic E-state index is -1.04. The van der Waals surface area contributed by atoms with Crippen molar-refractivity contribution < 1.29 is 18.0 Å².